The van der Waals surface area contributed by atoms with Gasteiger partial charge in [0.15, 0.2) is 0 Å². The average molecular weight is 295 g/mol. The van der Waals surface area contributed by atoms with Gasteiger partial charge in [-0.3, -0.25) is 0 Å². The van der Waals surface area contributed by atoms with Crippen LogP contribution in [0.15, 0.2) is 16.5 Å². The summed E-state index contributed by atoms with van der Waals surface area (Å²) in [6, 6.07) is 3.47. The molecule has 3 unspecified atom stereocenters. The molecule has 1 saturated carbocycles. The lowest BCUT2D eigenvalue weighted by Gasteiger charge is -2.31. The normalized spacial score (nSPS) is 23.8. The van der Waals surface area contributed by atoms with Crippen molar-refractivity contribution in [2.24, 2.45) is 11.8 Å². The van der Waals surface area contributed by atoms with Crippen LogP contribution in [0.3, 0.4) is 0 Å². The highest BCUT2D eigenvalue weighted by molar-refractivity contribution is 5.86. The Labute approximate surface area is 125 Å². The van der Waals surface area contributed by atoms with E-state index < -0.39 is 5.97 Å². The largest absolute Gasteiger partial charge is 0.463 e. The average Bonchev–Trinajstić information content (AvgIpc) is 3.02. The first-order chi connectivity index (χ1) is 10.2. The highest BCUT2D eigenvalue weighted by atomic mass is 16.5. The van der Waals surface area contributed by atoms with Crippen molar-refractivity contribution in [2.75, 3.05) is 20.3 Å². The van der Waals surface area contributed by atoms with Crippen LogP contribution in [0, 0.1) is 11.8 Å². The molecule has 0 aromatic carbocycles. The third-order valence-corrected chi connectivity index (χ3v) is 4.43. The SMILES string of the molecule is COC(=O)c1ccc(C(C)NCC2CCCCC2CO)o1. The molecule has 1 aromatic rings. The molecule has 118 valence electrons. The molecule has 2 rings (SSSR count). The van der Waals surface area contributed by atoms with Crippen molar-refractivity contribution < 1.29 is 19.1 Å². The minimum atomic E-state index is -0.457. The predicted molar refractivity (Wildman–Crippen MR) is 79.0 cm³/mol. The number of carbonyl (C=O) groups excluding carboxylic acids is 1. The van der Waals surface area contributed by atoms with E-state index in [9.17, 15) is 9.90 Å². The molecule has 3 atom stereocenters. The Balaban J connectivity index is 1.87. The molecule has 0 saturated heterocycles. The molecule has 1 aliphatic rings. The van der Waals surface area contributed by atoms with Gasteiger partial charge in [0.2, 0.25) is 5.76 Å². The van der Waals surface area contributed by atoms with Crippen molar-refractivity contribution in [3.63, 3.8) is 0 Å². The van der Waals surface area contributed by atoms with Crippen LogP contribution in [-0.4, -0.2) is 31.3 Å². The summed E-state index contributed by atoms with van der Waals surface area (Å²) in [6.07, 6.45) is 4.74. The molecule has 0 spiro atoms. The number of aliphatic hydroxyl groups is 1. The maximum Gasteiger partial charge on any atom is 0.373 e. The zero-order valence-corrected chi connectivity index (χ0v) is 12.8. The third-order valence-electron chi connectivity index (χ3n) is 4.43. The number of rotatable bonds is 6. The van der Waals surface area contributed by atoms with E-state index in [2.05, 4.69) is 10.1 Å². The molecule has 0 bridgehead atoms. The molecule has 0 radical (unpaired) electrons. The summed E-state index contributed by atoms with van der Waals surface area (Å²) < 4.78 is 10.1. The van der Waals surface area contributed by atoms with Crippen LogP contribution < -0.4 is 5.32 Å². The summed E-state index contributed by atoms with van der Waals surface area (Å²) in [4.78, 5) is 11.4. The lowest BCUT2D eigenvalue weighted by atomic mass is 9.79. The van der Waals surface area contributed by atoms with Gasteiger partial charge >= 0.3 is 5.97 Å². The zero-order valence-electron chi connectivity index (χ0n) is 12.8. The predicted octanol–water partition coefficient (Wildman–Crippen LogP) is 2.52. The van der Waals surface area contributed by atoms with Gasteiger partial charge in [-0.25, -0.2) is 4.79 Å². The summed E-state index contributed by atoms with van der Waals surface area (Å²) in [5.41, 5.74) is 0. The minimum absolute atomic E-state index is 0.0321. The molecule has 21 heavy (non-hydrogen) atoms. The highest BCUT2D eigenvalue weighted by Gasteiger charge is 2.25. The summed E-state index contributed by atoms with van der Waals surface area (Å²) >= 11 is 0. The number of ether oxygens (including phenoxy) is 1. The van der Waals surface area contributed by atoms with Crippen molar-refractivity contribution in [2.45, 2.75) is 38.6 Å². The molecule has 5 nitrogen and oxygen atoms in total. The van der Waals surface area contributed by atoms with Gasteiger partial charge in [-0.15, -0.1) is 0 Å². The molecule has 1 aliphatic carbocycles. The van der Waals surface area contributed by atoms with Crippen LogP contribution in [0.25, 0.3) is 0 Å². The number of methoxy groups -OCH3 is 1. The lowest BCUT2D eigenvalue weighted by molar-refractivity contribution is 0.0562. The summed E-state index contributed by atoms with van der Waals surface area (Å²) in [5, 5.41) is 12.9. The standard InChI is InChI=1S/C16H25NO4/c1-11(14-7-8-15(21-14)16(19)20-2)17-9-12-5-3-4-6-13(12)10-18/h7-8,11-13,17-18H,3-6,9-10H2,1-2H3. The maximum atomic E-state index is 11.4. The van der Waals surface area contributed by atoms with Gasteiger partial charge in [0.05, 0.1) is 13.2 Å². The van der Waals surface area contributed by atoms with Gasteiger partial charge in [-0.1, -0.05) is 12.8 Å². The number of hydrogen-bond donors (Lipinski definition) is 2. The molecule has 1 aromatic heterocycles. The van der Waals surface area contributed by atoms with E-state index in [1.165, 1.54) is 20.0 Å². The first kappa shape index (κ1) is 16.0. The second-order valence-corrected chi connectivity index (χ2v) is 5.81. The van der Waals surface area contributed by atoms with E-state index in [1.54, 1.807) is 12.1 Å². The first-order valence-electron chi connectivity index (χ1n) is 7.68. The summed E-state index contributed by atoms with van der Waals surface area (Å²) in [6.45, 7) is 3.14. The van der Waals surface area contributed by atoms with Crippen LogP contribution in [0.1, 0.15) is 55.0 Å². The smallest absolute Gasteiger partial charge is 0.373 e. The molecular formula is C16H25NO4. The molecule has 1 heterocycles. The fourth-order valence-corrected chi connectivity index (χ4v) is 3.02. The molecule has 2 N–H and O–H groups in total. The molecule has 0 aliphatic heterocycles. The van der Waals surface area contributed by atoms with Crippen LogP contribution in [0.5, 0.6) is 0 Å². The van der Waals surface area contributed by atoms with E-state index in [0.717, 1.165) is 25.1 Å². The highest BCUT2D eigenvalue weighted by Crippen LogP contribution is 2.29. The van der Waals surface area contributed by atoms with Crippen LogP contribution in [0.4, 0.5) is 0 Å². The Bertz CT molecular complexity index is 457. The van der Waals surface area contributed by atoms with Crippen LogP contribution in [-0.2, 0) is 4.74 Å². The monoisotopic (exact) mass is 295 g/mol. The topological polar surface area (TPSA) is 71.7 Å². The van der Waals surface area contributed by atoms with Gasteiger partial charge in [0.1, 0.15) is 5.76 Å². The Morgan fingerprint density at radius 3 is 2.81 bits per heavy atom. The Morgan fingerprint density at radius 2 is 2.14 bits per heavy atom. The van der Waals surface area contributed by atoms with Gasteiger partial charge in [-0.05, 0) is 50.3 Å². The molecular weight excluding hydrogens is 270 g/mol. The Hall–Kier alpha value is -1.33. The number of furan rings is 1. The number of hydrogen-bond acceptors (Lipinski definition) is 5. The van der Waals surface area contributed by atoms with Crippen molar-refractivity contribution in [1.29, 1.82) is 0 Å². The lowest BCUT2D eigenvalue weighted by Crippen LogP contribution is -2.33. The fraction of sp³-hybridized carbons (Fsp3) is 0.688. The number of nitrogens with one attached hydrogen (secondary N) is 1. The Kier molecular flexibility index (Phi) is 5.82. The third kappa shape index (κ3) is 4.08. The van der Waals surface area contributed by atoms with E-state index in [0.29, 0.717) is 11.8 Å². The van der Waals surface area contributed by atoms with Gasteiger partial charge in [0, 0.05) is 6.61 Å². The van der Waals surface area contributed by atoms with E-state index in [-0.39, 0.29) is 18.4 Å². The molecule has 0 amide bonds. The summed E-state index contributed by atoms with van der Waals surface area (Å²) in [5.74, 6) is 1.42. The number of esters is 1. The number of aliphatic hydroxyl groups excluding tert-OH is 1. The number of carbonyl (C=O) groups is 1. The van der Waals surface area contributed by atoms with Gasteiger partial charge in [0.25, 0.3) is 0 Å². The van der Waals surface area contributed by atoms with Crippen molar-refractivity contribution in [3.8, 4) is 0 Å². The quantitative estimate of drug-likeness (QED) is 0.789. The van der Waals surface area contributed by atoms with Gasteiger partial charge in [-0.2, -0.15) is 0 Å². The Morgan fingerprint density at radius 1 is 1.43 bits per heavy atom. The van der Waals surface area contributed by atoms with Gasteiger partial charge < -0.3 is 19.6 Å². The zero-order chi connectivity index (χ0) is 15.2. The van der Waals surface area contributed by atoms with E-state index in [1.807, 2.05) is 6.92 Å². The summed E-state index contributed by atoms with van der Waals surface area (Å²) in [7, 11) is 1.34. The first-order valence-corrected chi connectivity index (χ1v) is 7.68. The molecule has 5 heteroatoms. The minimum Gasteiger partial charge on any atom is -0.463 e. The fourth-order valence-electron chi connectivity index (χ4n) is 3.02. The maximum absolute atomic E-state index is 11.4. The van der Waals surface area contributed by atoms with E-state index >= 15 is 0 Å². The van der Waals surface area contributed by atoms with Crippen LogP contribution in [0.2, 0.25) is 0 Å². The second-order valence-electron chi connectivity index (χ2n) is 5.81. The van der Waals surface area contributed by atoms with Crippen LogP contribution >= 0.6 is 0 Å². The second kappa shape index (κ2) is 7.61. The molecule has 1 fully saturated rings. The van der Waals surface area contributed by atoms with Crippen molar-refractivity contribution in [1.82, 2.24) is 5.32 Å². The van der Waals surface area contributed by atoms with Crippen molar-refractivity contribution >= 4 is 5.97 Å². The van der Waals surface area contributed by atoms with E-state index in [4.69, 9.17) is 4.42 Å². The van der Waals surface area contributed by atoms with Crippen molar-refractivity contribution in [3.05, 3.63) is 23.7 Å².